The van der Waals surface area contributed by atoms with E-state index < -0.39 is 0 Å². The number of nitrogens with two attached hydrogens (primary N) is 1. The van der Waals surface area contributed by atoms with Crippen LogP contribution in [0, 0.1) is 0 Å². The van der Waals surface area contributed by atoms with Gasteiger partial charge in [0.1, 0.15) is 0 Å². The maximum atomic E-state index is 9.60. The summed E-state index contributed by atoms with van der Waals surface area (Å²) < 4.78 is 0. The highest BCUT2D eigenvalue weighted by Gasteiger charge is 2.05. The lowest BCUT2D eigenvalue weighted by molar-refractivity contribution is 0.408. The Hall–Kier alpha value is -1.74. The lowest BCUT2D eigenvalue weighted by atomic mass is 10.0. The molecule has 3 nitrogen and oxygen atoms in total. The summed E-state index contributed by atoms with van der Waals surface area (Å²) in [5, 5.41) is 20.5. The molecule has 0 bridgehead atoms. The van der Waals surface area contributed by atoms with Crippen LogP contribution >= 0.6 is 0 Å². The summed E-state index contributed by atoms with van der Waals surface area (Å²) in [6.45, 7) is 0.607. The molecule has 0 aromatic heterocycles. The zero-order valence-corrected chi connectivity index (χ0v) is 8.27. The molecule has 4 N–H and O–H groups in total. The first-order valence-corrected chi connectivity index (χ1v) is 4.86. The molecule has 78 valence electrons. The summed E-state index contributed by atoms with van der Waals surface area (Å²) in [5.41, 5.74) is 6.60. The molecule has 0 aliphatic carbocycles. The second-order valence-electron chi connectivity index (χ2n) is 3.53. The minimum Gasteiger partial charge on any atom is -0.504 e. The van der Waals surface area contributed by atoms with Crippen molar-refractivity contribution in [2.75, 3.05) is 6.54 Å². The van der Waals surface area contributed by atoms with Crippen LogP contribution in [0.25, 0.3) is 10.8 Å². The Balaban J connectivity index is 2.59. The van der Waals surface area contributed by atoms with E-state index in [0.29, 0.717) is 11.9 Å². The van der Waals surface area contributed by atoms with Crippen LogP contribution in [0.3, 0.4) is 0 Å². The number of hydrogen-bond acceptors (Lipinski definition) is 3. The third kappa shape index (κ3) is 1.74. The van der Waals surface area contributed by atoms with Gasteiger partial charge in [-0.1, -0.05) is 24.3 Å². The number of hydrogen-bond donors (Lipinski definition) is 3. The highest BCUT2D eigenvalue weighted by atomic mass is 16.3. The zero-order valence-electron chi connectivity index (χ0n) is 8.27. The van der Waals surface area contributed by atoms with Crippen LogP contribution in [0.5, 0.6) is 11.5 Å². The van der Waals surface area contributed by atoms with Gasteiger partial charge in [-0.3, -0.25) is 0 Å². The fourth-order valence-corrected chi connectivity index (χ4v) is 1.67. The van der Waals surface area contributed by atoms with Crippen LogP contribution in [0.15, 0.2) is 30.3 Å². The SMILES string of the molecule is NCCc1ccc2c(O)c(O)ccc2c1. The highest BCUT2D eigenvalue weighted by molar-refractivity contribution is 5.90. The monoisotopic (exact) mass is 203 g/mol. The quantitative estimate of drug-likeness (QED) is 0.651. The molecule has 0 unspecified atom stereocenters. The molecule has 2 aromatic rings. The number of aromatic hydroxyl groups is 2. The van der Waals surface area contributed by atoms with Crippen molar-refractivity contribution in [3.63, 3.8) is 0 Å². The average molecular weight is 203 g/mol. The molecule has 0 saturated carbocycles. The Morgan fingerprint density at radius 1 is 1.07 bits per heavy atom. The molecule has 0 atom stereocenters. The summed E-state index contributed by atoms with van der Waals surface area (Å²) in [6, 6.07) is 8.96. The minimum atomic E-state index is -0.0888. The van der Waals surface area contributed by atoms with Gasteiger partial charge in [-0.2, -0.15) is 0 Å². The average Bonchev–Trinajstić information content (AvgIpc) is 2.24. The molecular weight excluding hydrogens is 190 g/mol. The van der Waals surface area contributed by atoms with Gasteiger partial charge in [-0.15, -0.1) is 0 Å². The van der Waals surface area contributed by atoms with Crippen molar-refractivity contribution < 1.29 is 10.2 Å². The van der Waals surface area contributed by atoms with Gasteiger partial charge < -0.3 is 15.9 Å². The van der Waals surface area contributed by atoms with Gasteiger partial charge in [0.2, 0.25) is 0 Å². The Bertz CT molecular complexity index is 494. The van der Waals surface area contributed by atoms with Crippen LogP contribution in [0.1, 0.15) is 5.56 Å². The third-order valence-electron chi connectivity index (χ3n) is 2.47. The van der Waals surface area contributed by atoms with E-state index in [2.05, 4.69) is 0 Å². The fraction of sp³-hybridized carbons (Fsp3) is 0.167. The fourth-order valence-electron chi connectivity index (χ4n) is 1.67. The molecule has 0 spiro atoms. The molecule has 0 aliphatic heterocycles. The number of benzene rings is 2. The van der Waals surface area contributed by atoms with Gasteiger partial charge in [-0.25, -0.2) is 0 Å². The molecule has 0 saturated heterocycles. The van der Waals surface area contributed by atoms with E-state index in [9.17, 15) is 10.2 Å². The van der Waals surface area contributed by atoms with Crippen molar-refractivity contribution in [2.24, 2.45) is 5.73 Å². The van der Waals surface area contributed by atoms with Crippen molar-refractivity contribution in [1.82, 2.24) is 0 Å². The molecule has 0 radical (unpaired) electrons. The van der Waals surface area contributed by atoms with Gasteiger partial charge in [0.15, 0.2) is 11.5 Å². The van der Waals surface area contributed by atoms with E-state index in [1.807, 2.05) is 12.1 Å². The van der Waals surface area contributed by atoms with Crippen LogP contribution < -0.4 is 5.73 Å². The first-order valence-electron chi connectivity index (χ1n) is 4.86. The van der Waals surface area contributed by atoms with Gasteiger partial charge in [0.05, 0.1) is 0 Å². The molecule has 0 fully saturated rings. The summed E-state index contributed by atoms with van der Waals surface area (Å²) in [5.74, 6) is -0.152. The number of phenols is 2. The number of rotatable bonds is 2. The van der Waals surface area contributed by atoms with Crippen LogP contribution in [-0.2, 0) is 6.42 Å². The molecule has 3 heteroatoms. The van der Waals surface area contributed by atoms with Crippen LogP contribution in [0.4, 0.5) is 0 Å². The Morgan fingerprint density at radius 2 is 1.87 bits per heavy atom. The Morgan fingerprint density at radius 3 is 2.60 bits per heavy atom. The predicted molar refractivity (Wildman–Crippen MR) is 60.0 cm³/mol. The molecule has 0 heterocycles. The van der Waals surface area contributed by atoms with Gasteiger partial charge in [-0.05, 0) is 30.0 Å². The van der Waals surface area contributed by atoms with Gasteiger partial charge in [0, 0.05) is 5.39 Å². The summed E-state index contributed by atoms with van der Waals surface area (Å²) in [4.78, 5) is 0. The van der Waals surface area contributed by atoms with Crippen molar-refractivity contribution in [3.05, 3.63) is 35.9 Å². The second kappa shape index (κ2) is 3.79. The van der Waals surface area contributed by atoms with E-state index in [1.54, 1.807) is 12.1 Å². The lowest BCUT2D eigenvalue weighted by Crippen LogP contribution is -2.02. The maximum absolute atomic E-state index is 9.60. The molecule has 2 aromatic carbocycles. The van der Waals surface area contributed by atoms with Crippen molar-refractivity contribution in [3.8, 4) is 11.5 Å². The first-order chi connectivity index (χ1) is 7.22. The highest BCUT2D eigenvalue weighted by Crippen LogP contribution is 2.33. The standard InChI is InChI=1S/C12H13NO2/c13-6-5-8-1-3-10-9(7-8)2-4-11(14)12(10)15/h1-4,7,14-15H,5-6,13H2. The van der Waals surface area contributed by atoms with E-state index in [4.69, 9.17) is 5.73 Å². The molecule has 0 amide bonds. The lowest BCUT2D eigenvalue weighted by Gasteiger charge is -2.05. The Labute approximate surface area is 87.8 Å². The van der Waals surface area contributed by atoms with Crippen molar-refractivity contribution >= 4 is 10.8 Å². The Kier molecular flexibility index (Phi) is 2.47. The largest absolute Gasteiger partial charge is 0.504 e. The molecular formula is C12H13NO2. The molecule has 0 aliphatic rings. The number of phenolic OH excluding ortho intramolecular Hbond substituents is 2. The third-order valence-corrected chi connectivity index (χ3v) is 2.47. The van der Waals surface area contributed by atoms with Gasteiger partial charge >= 0.3 is 0 Å². The van der Waals surface area contributed by atoms with Crippen LogP contribution in [-0.4, -0.2) is 16.8 Å². The van der Waals surface area contributed by atoms with E-state index in [1.165, 1.54) is 6.07 Å². The van der Waals surface area contributed by atoms with Crippen molar-refractivity contribution in [2.45, 2.75) is 6.42 Å². The van der Waals surface area contributed by atoms with E-state index in [0.717, 1.165) is 17.4 Å². The van der Waals surface area contributed by atoms with Gasteiger partial charge in [0.25, 0.3) is 0 Å². The zero-order chi connectivity index (χ0) is 10.8. The number of fused-ring (bicyclic) bond motifs is 1. The second-order valence-corrected chi connectivity index (χ2v) is 3.53. The molecule has 15 heavy (non-hydrogen) atoms. The summed E-state index contributed by atoms with van der Waals surface area (Å²) >= 11 is 0. The van der Waals surface area contributed by atoms with Crippen molar-refractivity contribution in [1.29, 1.82) is 0 Å². The smallest absolute Gasteiger partial charge is 0.165 e. The van der Waals surface area contributed by atoms with E-state index >= 15 is 0 Å². The first kappa shape index (κ1) is 9.80. The maximum Gasteiger partial charge on any atom is 0.165 e. The minimum absolute atomic E-state index is 0.0631. The van der Waals surface area contributed by atoms with Crippen LogP contribution in [0.2, 0.25) is 0 Å². The normalized spacial score (nSPS) is 10.7. The topological polar surface area (TPSA) is 66.5 Å². The van der Waals surface area contributed by atoms with E-state index in [-0.39, 0.29) is 11.5 Å². The predicted octanol–water partition coefficient (Wildman–Crippen LogP) is 1.75. The summed E-state index contributed by atoms with van der Waals surface area (Å²) in [7, 11) is 0. The molecule has 2 rings (SSSR count). The summed E-state index contributed by atoms with van der Waals surface area (Å²) in [6.07, 6.45) is 0.817.